The van der Waals surface area contributed by atoms with E-state index in [1.54, 1.807) is 21.3 Å². The number of fused-ring (bicyclic) bond motifs is 1. The maximum absolute atomic E-state index is 6.19. The highest BCUT2D eigenvalue weighted by Gasteiger charge is 2.38. The van der Waals surface area contributed by atoms with E-state index in [9.17, 15) is 0 Å². The van der Waals surface area contributed by atoms with Crippen LogP contribution in [0.5, 0.6) is 17.2 Å². The lowest BCUT2D eigenvalue weighted by Gasteiger charge is -2.41. The number of hydrogen-bond acceptors (Lipinski definition) is 5. The van der Waals surface area contributed by atoms with Gasteiger partial charge in [0.2, 0.25) is 0 Å². The van der Waals surface area contributed by atoms with E-state index in [1.165, 1.54) is 17.7 Å². The number of benzene rings is 2. The van der Waals surface area contributed by atoms with Crippen LogP contribution in [0.3, 0.4) is 0 Å². The number of methoxy groups -OCH3 is 3. The number of nitrogens with zero attached hydrogens (tertiary/aromatic N) is 2. The third-order valence-electron chi connectivity index (χ3n) is 5.99. The van der Waals surface area contributed by atoms with E-state index >= 15 is 0 Å². The van der Waals surface area contributed by atoms with Gasteiger partial charge in [-0.1, -0.05) is 17.7 Å². The lowest BCUT2D eigenvalue weighted by atomic mass is 10.0. The highest BCUT2D eigenvalue weighted by molar-refractivity contribution is 6.32. The molecule has 2 unspecified atom stereocenters. The molecule has 2 fully saturated rings. The van der Waals surface area contributed by atoms with Crippen LogP contribution in [0, 0.1) is 0 Å². The van der Waals surface area contributed by atoms with Crippen LogP contribution in [-0.4, -0.2) is 51.9 Å². The summed E-state index contributed by atoms with van der Waals surface area (Å²) in [6, 6.07) is 13.3. The molecule has 0 aliphatic carbocycles. The van der Waals surface area contributed by atoms with E-state index in [4.69, 9.17) is 25.8 Å². The van der Waals surface area contributed by atoms with Crippen molar-refractivity contribution in [2.75, 3.05) is 45.9 Å². The molecule has 2 aliphatic rings. The molecule has 0 radical (unpaired) electrons. The molecule has 2 aliphatic heterocycles. The van der Waals surface area contributed by atoms with Crippen molar-refractivity contribution in [2.24, 2.45) is 0 Å². The van der Waals surface area contributed by atoms with Crippen molar-refractivity contribution in [3.8, 4) is 17.2 Å². The predicted octanol–water partition coefficient (Wildman–Crippen LogP) is 4.39. The lowest BCUT2D eigenvalue weighted by Crippen LogP contribution is -2.50. The van der Waals surface area contributed by atoms with Crippen LogP contribution in [-0.2, 0) is 0 Å². The van der Waals surface area contributed by atoms with E-state index in [1.807, 2.05) is 18.2 Å². The van der Waals surface area contributed by atoms with Crippen LogP contribution in [0.15, 0.2) is 36.4 Å². The molecule has 0 N–H and O–H groups in total. The second-order valence-electron chi connectivity index (χ2n) is 7.36. The Hall–Kier alpha value is -2.11. The smallest absolute Gasteiger partial charge is 0.161 e. The van der Waals surface area contributed by atoms with Gasteiger partial charge in [-0.15, -0.1) is 0 Å². The fraction of sp³-hybridized carbons (Fsp3) is 0.455. The zero-order valence-corrected chi connectivity index (χ0v) is 17.4. The number of halogens is 1. The van der Waals surface area contributed by atoms with Crippen molar-refractivity contribution in [3.63, 3.8) is 0 Å². The van der Waals surface area contributed by atoms with E-state index in [0.717, 1.165) is 43.3 Å². The molecular formula is C22H27ClN2O3. The number of rotatable bonds is 5. The Morgan fingerprint density at radius 1 is 0.857 bits per heavy atom. The zero-order chi connectivity index (χ0) is 19.7. The molecule has 0 bridgehead atoms. The topological polar surface area (TPSA) is 34.2 Å². The third-order valence-corrected chi connectivity index (χ3v) is 6.31. The van der Waals surface area contributed by atoms with E-state index in [0.29, 0.717) is 17.1 Å². The van der Waals surface area contributed by atoms with Crippen molar-refractivity contribution >= 4 is 17.3 Å². The fourth-order valence-corrected chi connectivity index (χ4v) is 4.75. The molecule has 2 aromatic carbocycles. The minimum atomic E-state index is 0.437. The molecule has 2 saturated heterocycles. The SMILES string of the molecule is COc1cc(N2CCN3C(CCC3c3ccc(OC)c(OC)c3)C2)ccc1Cl. The van der Waals surface area contributed by atoms with Crippen molar-refractivity contribution in [1.29, 1.82) is 0 Å². The summed E-state index contributed by atoms with van der Waals surface area (Å²) in [4.78, 5) is 5.09. The molecule has 0 aromatic heterocycles. The Labute approximate surface area is 171 Å². The Balaban J connectivity index is 1.50. The van der Waals surface area contributed by atoms with Gasteiger partial charge in [0.05, 0.1) is 26.4 Å². The summed E-state index contributed by atoms with van der Waals surface area (Å²) in [5, 5.41) is 0.652. The summed E-state index contributed by atoms with van der Waals surface area (Å²) in [6.07, 6.45) is 2.36. The van der Waals surface area contributed by atoms with E-state index in [2.05, 4.69) is 28.0 Å². The minimum absolute atomic E-state index is 0.437. The predicted molar refractivity (Wildman–Crippen MR) is 112 cm³/mol. The summed E-state index contributed by atoms with van der Waals surface area (Å²) >= 11 is 6.19. The minimum Gasteiger partial charge on any atom is -0.495 e. The monoisotopic (exact) mass is 402 g/mol. The van der Waals surface area contributed by atoms with Gasteiger partial charge >= 0.3 is 0 Å². The van der Waals surface area contributed by atoms with Gasteiger partial charge in [0.15, 0.2) is 11.5 Å². The van der Waals surface area contributed by atoms with Crippen LogP contribution < -0.4 is 19.1 Å². The molecule has 2 aromatic rings. The molecule has 6 heteroatoms. The average molecular weight is 403 g/mol. The second kappa shape index (κ2) is 8.10. The van der Waals surface area contributed by atoms with Gasteiger partial charge in [-0.3, -0.25) is 4.90 Å². The normalized spacial score (nSPS) is 22.1. The van der Waals surface area contributed by atoms with Gasteiger partial charge < -0.3 is 19.1 Å². The molecule has 150 valence electrons. The first-order valence-electron chi connectivity index (χ1n) is 9.70. The fourth-order valence-electron chi connectivity index (χ4n) is 4.55. The number of piperazine rings is 1. The molecule has 2 heterocycles. The van der Waals surface area contributed by atoms with Gasteiger partial charge in [0.1, 0.15) is 5.75 Å². The first kappa shape index (κ1) is 19.2. The Morgan fingerprint density at radius 2 is 1.64 bits per heavy atom. The summed E-state index contributed by atoms with van der Waals surface area (Å²) in [5.74, 6) is 2.31. The quantitative estimate of drug-likeness (QED) is 0.740. The first-order chi connectivity index (χ1) is 13.6. The van der Waals surface area contributed by atoms with Gasteiger partial charge in [-0.2, -0.15) is 0 Å². The van der Waals surface area contributed by atoms with Crippen molar-refractivity contribution < 1.29 is 14.2 Å². The molecule has 0 saturated carbocycles. The van der Waals surface area contributed by atoms with Crippen LogP contribution in [0.1, 0.15) is 24.4 Å². The van der Waals surface area contributed by atoms with Crippen LogP contribution >= 0.6 is 11.6 Å². The number of ether oxygens (including phenoxy) is 3. The molecule has 5 nitrogen and oxygen atoms in total. The summed E-state index contributed by atoms with van der Waals surface area (Å²) in [5.41, 5.74) is 2.48. The Kier molecular flexibility index (Phi) is 5.56. The summed E-state index contributed by atoms with van der Waals surface area (Å²) < 4.78 is 16.3. The first-order valence-corrected chi connectivity index (χ1v) is 10.1. The number of hydrogen-bond donors (Lipinski definition) is 0. The zero-order valence-electron chi connectivity index (χ0n) is 16.7. The van der Waals surface area contributed by atoms with Gasteiger partial charge in [0, 0.05) is 43.5 Å². The third kappa shape index (κ3) is 3.49. The number of anilines is 1. The maximum Gasteiger partial charge on any atom is 0.161 e. The van der Waals surface area contributed by atoms with Crippen molar-refractivity contribution in [1.82, 2.24) is 4.90 Å². The standard InChI is InChI=1S/C22H27ClN2O3/c1-26-20-9-4-15(12-22(20)28-3)19-8-6-17-14-24(10-11-25(17)19)16-5-7-18(23)21(13-16)27-2/h4-5,7,9,12-13,17,19H,6,8,10-11,14H2,1-3H3. The largest absolute Gasteiger partial charge is 0.495 e. The van der Waals surface area contributed by atoms with Gasteiger partial charge in [-0.05, 0) is 42.7 Å². The average Bonchev–Trinajstić information content (AvgIpc) is 3.16. The van der Waals surface area contributed by atoms with Crippen LogP contribution in [0.25, 0.3) is 0 Å². The maximum atomic E-state index is 6.19. The van der Waals surface area contributed by atoms with Crippen LogP contribution in [0.4, 0.5) is 5.69 Å². The molecular weight excluding hydrogens is 376 g/mol. The molecule has 4 rings (SSSR count). The summed E-state index contributed by atoms with van der Waals surface area (Å²) in [6.45, 7) is 3.05. The van der Waals surface area contributed by atoms with Gasteiger partial charge in [0.25, 0.3) is 0 Å². The van der Waals surface area contributed by atoms with Crippen molar-refractivity contribution in [2.45, 2.75) is 24.9 Å². The van der Waals surface area contributed by atoms with Gasteiger partial charge in [-0.25, -0.2) is 0 Å². The second-order valence-corrected chi connectivity index (χ2v) is 7.77. The highest BCUT2D eigenvalue weighted by Crippen LogP contribution is 2.41. The van der Waals surface area contributed by atoms with E-state index in [-0.39, 0.29) is 0 Å². The molecule has 0 spiro atoms. The highest BCUT2D eigenvalue weighted by atomic mass is 35.5. The van der Waals surface area contributed by atoms with Crippen molar-refractivity contribution in [3.05, 3.63) is 47.0 Å². The summed E-state index contributed by atoms with van der Waals surface area (Å²) in [7, 11) is 5.03. The molecule has 0 amide bonds. The van der Waals surface area contributed by atoms with Crippen LogP contribution in [0.2, 0.25) is 5.02 Å². The van der Waals surface area contributed by atoms with E-state index < -0.39 is 0 Å². The molecule has 28 heavy (non-hydrogen) atoms. The molecule has 2 atom stereocenters. The Bertz CT molecular complexity index is 845. The Morgan fingerprint density at radius 3 is 2.39 bits per heavy atom. The lowest BCUT2D eigenvalue weighted by molar-refractivity contribution is 0.176.